The number of benzene rings is 2. The van der Waals surface area contributed by atoms with Gasteiger partial charge in [0.25, 0.3) is 0 Å². The van der Waals surface area contributed by atoms with Crippen molar-refractivity contribution in [2.75, 3.05) is 4.90 Å². The number of thiazole rings is 1. The van der Waals surface area contributed by atoms with E-state index in [1.165, 1.54) is 22.3 Å². The molecule has 0 fully saturated rings. The van der Waals surface area contributed by atoms with Gasteiger partial charge in [-0.1, -0.05) is 84.9 Å². The first kappa shape index (κ1) is 24.3. The fourth-order valence-electron chi connectivity index (χ4n) is 3.57. The summed E-state index contributed by atoms with van der Waals surface area (Å²) >= 11 is 7.27. The molecule has 1 amide bonds. The molecule has 0 spiro atoms. The normalized spacial score (nSPS) is 12.4. The largest absolute Gasteiger partial charge is 0.452 e. The Labute approximate surface area is 212 Å². The fourth-order valence-corrected chi connectivity index (χ4v) is 4.53. The zero-order valence-electron chi connectivity index (χ0n) is 18.7. The maximum Gasteiger partial charge on any atom is 0.324 e. The Morgan fingerprint density at radius 3 is 2.20 bits per heavy atom. The Morgan fingerprint density at radius 2 is 1.63 bits per heavy atom. The molecule has 2 heterocycles. The van der Waals surface area contributed by atoms with Crippen LogP contribution in [0.4, 0.5) is 5.82 Å². The summed E-state index contributed by atoms with van der Waals surface area (Å²) in [5.41, 5.74) is 1.28. The van der Waals surface area contributed by atoms with Crippen LogP contribution in [-0.2, 0) is 20.9 Å². The quantitative estimate of drug-likeness (QED) is 0.160. The van der Waals surface area contributed by atoms with E-state index < -0.39 is 23.9 Å². The average Bonchev–Trinajstić information content (AvgIpc) is 3.32. The van der Waals surface area contributed by atoms with Gasteiger partial charge >= 0.3 is 5.97 Å². The number of carbonyl (C=O) groups excluding carboxylic acids is 2. The average molecular weight is 504 g/mol. The highest BCUT2D eigenvalue weighted by Gasteiger charge is 2.36. The number of anilines is 1. The van der Waals surface area contributed by atoms with Crippen molar-refractivity contribution in [2.45, 2.75) is 18.6 Å². The van der Waals surface area contributed by atoms with E-state index in [1.807, 2.05) is 36.4 Å². The lowest BCUT2D eigenvalue weighted by molar-refractivity contribution is -0.151. The number of rotatable bonds is 9. The van der Waals surface area contributed by atoms with Crippen LogP contribution in [0.1, 0.15) is 28.0 Å². The van der Waals surface area contributed by atoms with E-state index in [2.05, 4.69) is 16.5 Å². The number of amides is 1. The molecule has 0 saturated heterocycles. The number of esters is 1. The summed E-state index contributed by atoms with van der Waals surface area (Å²) in [6.07, 6.45) is 4.03. The fraction of sp³-hybridized carbons (Fsp3) is 0.111. The lowest BCUT2D eigenvalue weighted by atomic mass is 9.97. The first-order chi connectivity index (χ1) is 17.1. The van der Waals surface area contributed by atoms with Crippen LogP contribution >= 0.6 is 22.9 Å². The molecule has 2 aromatic heterocycles. The summed E-state index contributed by atoms with van der Waals surface area (Å²) in [5.74, 6) is -1.97. The molecule has 2 unspecified atom stereocenters. The van der Waals surface area contributed by atoms with E-state index in [0.29, 0.717) is 15.8 Å². The van der Waals surface area contributed by atoms with Gasteiger partial charge in [-0.2, -0.15) is 0 Å². The summed E-state index contributed by atoms with van der Waals surface area (Å²) < 4.78 is 6.17. The molecule has 4 rings (SSSR count). The van der Waals surface area contributed by atoms with Gasteiger partial charge in [-0.05, 0) is 29.3 Å². The van der Waals surface area contributed by atoms with Gasteiger partial charge in [0.05, 0.1) is 6.54 Å². The van der Waals surface area contributed by atoms with E-state index in [9.17, 15) is 9.59 Å². The van der Waals surface area contributed by atoms with Gasteiger partial charge in [-0.3, -0.25) is 14.5 Å². The molecule has 2 aromatic carbocycles. The first-order valence-corrected chi connectivity index (χ1v) is 12.0. The lowest BCUT2D eigenvalue weighted by Gasteiger charge is -2.26. The number of ether oxygens (including phenoxy) is 1. The molecule has 0 radical (unpaired) electrons. The van der Waals surface area contributed by atoms with Gasteiger partial charge in [0.1, 0.15) is 11.9 Å². The van der Waals surface area contributed by atoms with Gasteiger partial charge in [0, 0.05) is 17.3 Å². The molecule has 0 aliphatic rings. The van der Waals surface area contributed by atoms with Crippen molar-refractivity contribution in [3.05, 3.63) is 124 Å². The second-order valence-corrected chi connectivity index (χ2v) is 9.24. The topological polar surface area (TPSA) is 72.4 Å². The third-order valence-electron chi connectivity index (χ3n) is 5.23. The minimum Gasteiger partial charge on any atom is -0.452 e. The van der Waals surface area contributed by atoms with Crippen LogP contribution in [0.15, 0.2) is 104 Å². The van der Waals surface area contributed by atoms with Gasteiger partial charge in [-0.25, -0.2) is 9.97 Å². The number of halogens is 1. The minimum absolute atomic E-state index is 0.153. The summed E-state index contributed by atoms with van der Waals surface area (Å²) in [7, 11) is 0. The maximum absolute atomic E-state index is 14.0. The van der Waals surface area contributed by atoms with Crippen LogP contribution in [0, 0.1) is 0 Å². The highest BCUT2D eigenvalue weighted by molar-refractivity contribution is 7.15. The van der Waals surface area contributed by atoms with Crippen molar-refractivity contribution in [1.29, 1.82) is 0 Å². The lowest BCUT2D eigenvalue weighted by Crippen LogP contribution is -2.39. The van der Waals surface area contributed by atoms with E-state index in [1.54, 1.807) is 54.9 Å². The van der Waals surface area contributed by atoms with E-state index in [0.717, 1.165) is 10.4 Å². The second kappa shape index (κ2) is 11.6. The molecule has 8 heteroatoms. The van der Waals surface area contributed by atoms with Gasteiger partial charge in [0.2, 0.25) is 5.91 Å². The standard InChI is InChI=1S/C27H22ClN3O3S/c1-2-22(19-11-5-3-6-12-19)34-26(33)24(20-13-7-4-8-14-20)25(32)31(23-15-9-10-16-29-23)18-21-17-30-27(28)35-21/h2-17,22,24H,1,18H2. The van der Waals surface area contributed by atoms with Crippen LogP contribution in [0.3, 0.4) is 0 Å². The zero-order valence-corrected chi connectivity index (χ0v) is 20.2. The molecule has 176 valence electrons. The Kier molecular flexibility index (Phi) is 8.03. The first-order valence-electron chi connectivity index (χ1n) is 10.8. The van der Waals surface area contributed by atoms with Crippen molar-refractivity contribution < 1.29 is 14.3 Å². The molecule has 0 bridgehead atoms. The molecule has 0 saturated carbocycles. The van der Waals surface area contributed by atoms with E-state index in [-0.39, 0.29) is 6.54 Å². The summed E-state index contributed by atoms with van der Waals surface area (Å²) in [6.45, 7) is 3.96. The number of aromatic nitrogens is 2. The van der Waals surface area contributed by atoms with Crippen LogP contribution in [-0.4, -0.2) is 21.8 Å². The molecule has 0 aliphatic heterocycles. The number of nitrogens with zero attached hydrogens (tertiary/aromatic N) is 3. The molecular formula is C27H22ClN3O3S. The molecule has 35 heavy (non-hydrogen) atoms. The SMILES string of the molecule is C=CC(OC(=O)C(C(=O)N(Cc1cnc(Cl)s1)c1ccccn1)c1ccccc1)c1ccccc1. The Balaban J connectivity index is 1.70. The number of hydrogen-bond acceptors (Lipinski definition) is 6. The molecule has 2 atom stereocenters. The number of carbonyl (C=O) groups is 2. The van der Waals surface area contributed by atoms with Crippen LogP contribution < -0.4 is 4.90 Å². The predicted octanol–water partition coefficient (Wildman–Crippen LogP) is 5.98. The van der Waals surface area contributed by atoms with Crippen LogP contribution in [0.5, 0.6) is 0 Å². The van der Waals surface area contributed by atoms with Crippen molar-refractivity contribution in [3.8, 4) is 0 Å². The van der Waals surface area contributed by atoms with Crippen molar-refractivity contribution in [3.63, 3.8) is 0 Å². The van der Waals surface area contributed by atoms with Crippen LogP contribution in [0.2, 0.25) is 4.47 Å². The predicted molar refractivity (Wildman–Crippen MR) is 137 cm³/mol. The molecular weight excluding hydrogens is 482 g/mol. The summed E-state index contributed by atoms with van der Waals surface area (Å²) in [4.78, 5) is 38.2. The number of hydrogen-bond donors (Lipinski definition) is 0. The Bertz CT molecular complexity index is 1280. The van der Waals surface area contributed by atoms with E-state index >= 15 is 0 Å². The molecule has 0 aliphatic carbocycles. The van der Waals surface area contributed by atoms with Crippen molar-refractivity contribution in [2.24, 2.45) is 0 Å². The van der Waals surface area contributed by atoms with E-state index in [4.69, 9.17) is 16.3 Å². The Morgan fingerprint density at radius 1 is 0.971 bits per heavy atom. The van der Waals surface area contributed by atoms with Crippen LogP contribution in [0.25, 0.3) is 0 Å². The minimum atomic E-state index is -1.22. The molecule has 4 aromatic rings. The number of pyridine rings is 1. The highest BCUT2D eigenvalue weighted by atomic mass is 35.5. The zero-order chi connectivity index (χ0) is 24.6. The monoisotopic (exact) mass is 503 g/mol. The van der Waals surface area contributed by atoms with Crippen molar-refractivity contribution in [1.82, 2.24) is 9.97 Å². The second-order valence-electron chi connectivity index (χ2n) is 7.54. The molecule has 0 N–H and O–H groups in total. The van der Waals surface area contributed by atoms with Gasteiger partial charge in [0.15, 0.2) is 10.4 Å². The third kappa shape index (κ3) is 6.01. The maximum atomic E-state index is 14.0. The third-order valence-corrected chi connectivity index (χ3v) is 6.33. The Hall–Kier alpha value is -3.81. The summed E-state index contributed by atoms with van der Waals surface area (Å²) in [5, 5.41) is 0. The molecule has 6 nitrogen and oxygen atoms in total. The van der Waals surface area contributed by atoms with Gasteiger partial charge < -0.3 is 4.74 Å². The highest BCUT2D eigenvalue weighted by Crippen LogP contribution is 2.29. The smallest absolute Gasteiger partial charge is 0.324 e. The van der Waals surface area contributed by atoms with Gasteiger partial charge in [-0.15, -0.1) is 11.3 Å². The van der Waals surface area contributed by atoms with Crippen molar-refractivity contribution >= 4 is 40.6 Å². The summed E-state index contributed by atoms with van der Waals surface area (Å²) in [6, 6.07) is 23.3.